The van der Waals surface area contributed by atoms with Gasteiger partial charge in [-0.2, -0.15) is 0 Å². The van der Waals surface area contributed by atoms with E-state index in [-0.39, 0.29) is 4.90 Å². The topological polar surface area (TPSA) is 46.2 Å². The summed E-state index contributed by atoms with van der Waals surface area (Å²) in [6.45, 7) is 5.18. The predicted molar refractivity (Wildman–Crippen MR) is 77.8 cm³/mol. The van der Waals surface area contributed by atoms with Crippen LogP contribution in [0.15, 0.2) is 35.2 Å². The van der Waals surface area contributed by atoms with Crippen molar-refractivity contribution in [3.8, 4) is 0 Å². The maximum atomic E-state index is 13.6. The van der Waals surface area contributed by atoms with Gasteiger partial charge in [0.05, 0.1) is 10.6 Å². The van der Waals surface area contributed by atoms with E-state index in [1.54, 1.807) is 26.0 Å². The number of nitrogens with one attached hydrogen (secondary N) is 1. The van der Waals surface area contributed by atoms with Gasteiger partial charge in [0.25, 0.3) is 10.0 Å². The molecule has 0 bridgehead atoms. The number of benzene rings is 2. The Hall–Kier alpha value is -1.95. The fourth-order valence-corrected chi connectivity index (χ4v) is 3.88. The molecule has 0 aliphatic heterocycles. The maximum absolute atomic E-state index is 13.6. The number of rotatable bonds is 3. The first-order valence-electron chi connectivity index (χ1n) is 6.26. The summed E-state index contributed by atoms with van der Waals surface area (Å²) in [6.07, 6.45) is 0. The van der Waals surface area contributed by atoms with Gasteiger partial charge in [-0.3, -0.25) is 4.72 Å². The Kier molecular flexibility index (Phi) is 4.00. The van der Waals surface area contributed by atoms with E-state index in [2.05, 4.69) is 4.72 Å². The molecule has 0 aromatic heterocycles. The third-order valence-corrected chi connectivity index (χ3v) is 4.72. The molecule has 0 spiro atoms. The van der Waals surface area contributed by atoms with E-state index in [4.69, 9.17) is 0 Å². The van der Waals surface area contributed by atoms with Crippen LogP contribution < -0.4 is 4.72 Å². The second-order valence-corrected chi connectivity index (χ2v) is 6.58. The summed E-state index contributed by atoms with van der Waals surface area (Å²) in [4.78, 5) is 0.0803. The summed E-state index contributed by atoms with van der Waals surface area (Å²) >= 11 is 0. The highest BCUT2D eigenvalue weighted by molar-refractivity contribution is 7.92. The van der Waals surface area contributed by atoms with Gasteiger partial charge in [-0.15, -0.1) is 0 Å². The smallest absolute Gasteiger partial charge is 0.262 e. The highest BCUT2D eigenvalue weighted by Gasteiger charge is 2.21. The Morgan fingerprint density at radius 3 is 2.10 bits per heavy atom. The monoisotopic (exact) mass is 311 g/mol. The maximum Gasteiger partial charge on any atom is 0.262 e. The van der Waals surface area contributed by atoms with Crippen LogP contribution in [-0.4, -0.2) is 8.42 Å². The van der Waals surface area contributed by atoms with Crippen molar-refractivity contribution in [3.05, 3.63) is 58.7 Å². The number of hydrogen-bond acceptors (Lipinski definition) is 2. The standard InChI is InChI=1S/C15H15F2NO2S/c1-9-6-10(2)15(11(3)7-9)21(19,20)18-14-8-12(16)4-5-13(14)17/h4-8,18H,1-3H3. The second kappa shape index (κ2) is 5.44. The van der Waals surface area contributed by atoms with Crippen molar-refractivity contribution >= 4 is 15.7 Å². The van der Waals surface area contributed by atoms with E-state index in [1.807, 2.05) is 6.92 Å². The molecular weight excluding hydrogens is 296 g/mol. The zero-order valence-corrected chi connectivity index (χ0v) is 12.7. The zero-order chi connectivity index (χ0) is 15.8. The van der Waals surface area contributed by atoms with Gasteiger partial charge in [0, 0.05) is 6.07 Å². The fourth-order valence-electron chi connectivity index (χ4n) is 2.36. The van der Waals surface area contributed by atoms with Crippen molar-refractivity contribution < 1.29 is 17.2 Å². The van der Waals surface area contributed by atoms with Crippen molar-refractivity contribution in [2.24, 2.45) is 0 Å². The van der Waals surface area contributed by atoms with Crippen molar-refractivity contribution in [2.75, 3.05) is 4.72 Å². The van der Waals surface area contributed by atoms with Crippen molar-refractivity contribution in [1.82, 2.24) is 0 Å². The van der Waals surface area contributed by atoms with Gasteiger partial charge >= 0.3 is 0 Å². The van der Waals surface area contributed by atoms with Crippen LogP contribution in [0.4, 0.5) is 14.5 Å². The first-order valence-corrected chi connectivity index (χ1v) is 7.75. The fraction of sp³-hybridized carbons (Fsp3) is 0.200. The van der Waals surface area contributed by atoms with Gasteiger partial charge in [0.15, 0.2) is 0 Å². The molecule has 2 rings (SSSR count). The molecule has 0 aliphatic rings. The Morgan fingerprint density at radius 2 is 1.52 bits per heavy atom. The third kappa shape index (κ3) is 3.21. The van der Waals surface area contributed by atoms with Crippen LogP contribution in [0.1, 0.15) is 16.7 Å². The SMILES string of the molecule is Cc1cc(C)c(S(=O)(=O)Nc2cc(F)ccc2F)c(C)c1. The molecule has 3 nitrogen and oxygen atoms in total. The number of hydrogen-bond donors (Lipinski definition) is 1. The summed E-state index contributed by atoms with van der Waals surface area (Å²) in [6, 6.07) is 6.07. The zero-order valence-electron chi connectivity index (χ0n) is 11.9. The van der Waals surface area contributed by atoms with Gasteiger partial charge in [-0.1, -0.05) is 17.7 Å². The van der Waals surface area contributed by atoms with Gasteiger partial charge in [0.1, 0.15) is 11.6 Å². The van der Waals surface area contributed by atoms with Crippen molar-refractivity contribution in [2.45, 2.75) is 25.7 Å². The normalized spacial score (nSPS) is 11.5. The molecule has 0 unspecified atom stereocenters. The molecule has 0 fully saturated rings. The van der Waals surface area contributed by atoms with Gasteiger partial charge in [0.2, 0.25) is 0 Å². The highest BCUT2D eigenvalue weighted by Crippen LogP contribution is 2.25. The van der Waals surface area contributed by atoms with Gasteiger partial charge < -0.3 is 0 Å². The molecule has 21 heavy (non-hydrogen) atoms. The molecule has 0 atom stereocenters. The van der Waals surface area contributed by atoms with E-state index < -0.39 is 27.3 Å². The molecule has 0 amide bonds. The van der Waals surface area contributed by atoms with E-state index in [1.165, 1.54) is 0 Å². The van der Waals surface area contributed by atoms with Crippen LogP contribution in [-0.2, 0) is 10.0 Å². The summed E-state index contributed by atoms with van der Waals surface area (Å²) in [5.41, 5.74) is 1.63. The van der Waals surface area contributed by atoms with Crippen LogP contribution in [0, 0.1) is 32.4 Å². The van der Waals surface area contributed by atoms with E-state index >= 15 is 0 Å². The number of anilines is 1. The Bertz CT molecular complexity index is 778. The van der Waals surface area contributed by atoms with Crippen molar-refractivity contribution in [1.29, 1.82) is 0 Å². The lowest BCUT2D eigenvalue weighted by molar-refractivity contribution is 0.593. The summed E-state index contributed by atoms with van der Waals surface area (Å²) in [5.74, 6) is -1.55. The van der Waals surface area contributed by atoms with E-state index in [0.29, 0.717) is 11.1 Å². The summed E-state index contributed by atoms with van der Waals surface area (Å²) < 4.78 is 53.7. The molecule has 2 aromatic carbocycles. The first kappa shape index (κ1) is 15.4. The number of halogens is 2. The predicted octanol–water partition coefficient (Wildman–Crippen LogP) is 3.69. The molecule has 0 saturated carbocycles. The van der Waals surface area contributed by atoms with Crippen LogP contribution in [0.5, 0.6) is 0 Å². The average molecular weight is 311 g/mol. The largest absolute Gasteiger partial charge is 0.277 e. The van der Waals surface area contributed by atoms with Crippen LogP contribution in [0.25, 0.3) is 0 Å². The number of sulfonamides is 1. The molecule has 0 heterocycles. The summed E-state index contributed by atoms with van der Waals surface area (Å²) in [5, 5.41) is 0. The minimum absolute atomic E-state index is 0.0803. The number of aryl methyl sites for hydroxylation is 3. The van der Waals surface area contributed by atoms with Gasteiger partial charge in [-0.25, -0.2) is 17.2 Å². The molecule has 0 aliphatic carbocycles. The van der Waals surface area contributed by atoms with Crippen molar-refractivity contribution in [3.63, 3.8) is 0 Å². The lowest BCUT2D eigenvalue weighted by Gasteiger charge is -2.14. The van der Waals surface area contributed by atoms with E-state index in [0.717, 1.165) is 23.8 Å². The van der Waals surface area contributed by atoms with Crippen LogP contribution in [0.2, 0.25) is 0 Å². The molecule has 112 valence electrons. The van der Waals surface area contributed by atoms with E-state index in [9.17, 15) is 17.2 Å². The highest BCUT2D eigenvalue weighted by atomic mass is 32.2. The van der Waals surface area contributed by atoms with Crippen LogP contribution >= 0.6 is 0 Å². The third-order valence-electron chi connectivity index (χ3n) is 3.05. The molecular formula is C15H15F2NO2S. The molecule has 1 N–H and O–H groups in total. The molecule has 6 heteroatoms. The average Bonchev–Trinajstić information content (AvgIpc) is 2.31. The quantitative estimate of drug-likeness (QED) is 0.939. The molecule has 0 radical (unpaired) electrons. The Labute approximate surface area is 122 Å². The first-order chi connectivity index (χ1) is 9.70. The Balaban J connectivity index is 2.51. The second-order valence-electron chi connectivity index (χ2n) is 4.96. The lowest BCUT2D eigenvalue weighted by atomic mass is 10.1. The van der Waals surface area contributed by atoms with Gasteiger partial charge in [-0.05, 0) is 44.0 Å². The minimum Gasteiger partial charge on any atom is -0.277 e. The molecule has 2 aromatic rings. The van der Waals surface area contributed by atoms with Crippen LogP contribution in [0.3, 0.4) is 0 Å². The minimum atomic E-state index is -3.99. The lowest BCUT2D eigenvalue weighted by Crippen LogP contribution is -2.17. The summed E-state index contributed by atoms with van der Waals surface area (Å²) in [7, 11) is -3.99. The Morgan fingerprint density at radius 1 is 0.952 bits per heavy atom. The molecule has 0 saturated heterocycles.